The fourth-order valence-electron chi connectivity index (χ4n) is 5.00. The first-order chi connectivity index (χ1) is 19.4. The van der Waals surface area contributed by atoms with E-state index in [0.29, 0.717) is 32.3 Å². The molecule has 5 rings (SSSR count). The van der Waals surface area contributed by atoms with E-state index in [1.54, 1.807) is 4.90 Å². The van der Waals surface area contributed by atoms with Gasteiger partial charge in [0.1, 0.15) is 24.8 Å². The van der Waals surface area contributed by atoms with Crippen molar-refractivity contribution in [3.63, 3.8) is 0 Å². The van der Waals surface area contributed by atoms with Gasteiger partial charge in [-0.05, 0) is 74.5 Å². The summed E-state index contributed by atoms with van der Waals surface area (Å²) in [6.45, 7) is 15.8. The fraction of sp³-hybridized carbons (Fsp3) is 0.516. The lowest BCUT2D eigenvalue weighted by Crippen LogP contribution is -2.44. The van der Waals surface area contributed by atoms with Crippen LogP contribution in [0.3, 0.4) is 0 Å². The third-order valence-electron chi connectivity index (χ3n) is 7.31. The van der Waals surface area contributed by atoms with Crippen LogP contribution in [0.15, 0.2) is 42.7 Å². The normalized spacial score (nSPS) is 15.6. The Balaban J connectivity index is 1.18. The molecule has 2 aromatic heterocycles. The second-order valence-electron chi connectivity index (χ2n) is 13.2. The number of ether oxygens (including phenoxy) is 3. The number of pyridine rings is 1. The number of carbonyl (C=O) groups excluding carboxylic acids is 1. The summed E-state index contributed by atoms with van der Waals surface area (Å²) in [5.74, 6) is 1.43. The maximum atomic E-state index is 12.4. The Morgan fingerprint density at radius 1 is 1.10 bits per heavy atom. The summed E-state index contributed by atoms with van der Waals surface area (Å²) in [7, 11) is -1.10. The molecule has 0 saturated carbocycles. The molecule has 10 heteroatoms. The molecule has 2 aliphatic rings. The minimum atomic E-state index is -1.10. The minimum Gasteiger partial charge on any atom is -0.472 e. The van der Waals surface area contributed by atoms with Gasteiger partial charge in [-0.15, -0.1) is 0 Å². The summed E-state index contributed by atoms with van der Waals surface area (Å²) >= 11 is 0. The highest BCUT2D eigenvalue weighted by molar-refractivity contribution is 6.76. The molecule has 0 atom stereocenters. The van der Waals surface area contributed by atoms with E-state index in [1.807, 2.05) is 43.9 Å². The molecule has 1 aromatic carbocycles. The second-order valence-corrected chi connectivity index (χ2v) is 18.8. The summed E-state index contributed by atoms with van der Waals surface area (Å²) < 4.78 is 19.3. The van der Waals surface area contributed by atoms with Crippen molar-refractivity contribution < 1.29 is 19.0 Å². The van der Waals surface area contributed by atoms with Gasteiger partial charge in [0.15, 0.2) is 0 Å². The van der Waals surface area contributed by atoms with Crippen LogP contribution in [0.5, 0.6) is 5.88 Å². The van der Waals surface area contributed by atoms with Crippen molar-refractivity contribution in [2.24, 2.45) is 0 Å². The summed E-state index contributed by atoms with van der Waals surface area (Å²) in [5, 5.41) is 8.02. The van der Waals surface area contributed by atoms with Crippen LogP contribution in [0.1, 0.15) is 39.2 Å². The van der Waals surface area contributed by atoms with Crippen LogP contribution >= 0.6 is 0 Å². The molecular formula is C31H43N5O4Si. The largest absolute Gasteiger partial charge is 0.472 e. The van der Waals surface area contributed by atoms with Crippen LogP contribution in [0.25, 0.3) is 22.3 Å². The number of benzene rings is 1. The monoisotopic (exact) mass is 577 g/mol. The number of hydrogen-bond donors (Lipinski definition) is 1. The molecule has 9 nitrogen and oxygen atoms in total. The maximum absolute atomic E-state index is 12.4. The number of rotatable bonds is 8. The highest BCUT2D eigenvalue weighted by atomic mass is 28.3. The van der Waals surface area contributed by atoms with Gasteiger partial charge < -0.3 is 24.4 Å². The zero-order chi connectivity index (χ0) is 29.2. The first kappa shape index (κ1) is 29.1. The molecule has 1 N–H and O–H groups in total. The molecule has 0 radical (unpaired) electrons. The molecule has 2 aliphatic heterocycles. The molecule has 1 fully saturated rings. The summed E-state index contributed by atoms with van der Waals surface area (Å²) in [4.78, 5) is 18.9. The van der Waals surface area contributed by atoms with Crippen LogP contribution in [0.4, 0.5) is 10.6 Å². The van der Waals surface area contributed by atoms with Crippen molar-refractivity contribution in [3.05, 3.63) is 48.3 Å². The van der Waals surface area contributed by atoms with Gasteiger partial charge in [-0.2, -0.15) is 10.1 Å². The number of anilines is 1. The second kappa shape index (κ2) is 11.9. The van der Waals surface area contributed by atoms with E-state index in [1.165, 1.54) is 0 Å². The predicted molar refractivity (Wildman–Crippen MR) is 164 cm³/mol. The molecular weight excluding hydrogens is 534 g/mol. The number of amides is 1. The molecule has 41 heavy (non-hydrogen) atoms. The van der Waals surface area contributed by atoms with Crippen molar-refractivity contribution >= 4 is 20.0 Å². The van der Waals surface area contributed by atoms with E-state index in [9.17, 15) is 4.79 Å². The van der Waals surface area contributed by atoms with Crippen molar-refractivity contribution in [2.45, 2.75) is 84.3 Å². The highest BCUT2D eigenvalue weighted by Gasteiger charge is 2.27. The van der Waals surface area contributed by atoms with Crippen molar-refractivity contribution in [1.82, 2.24) is 19.7 Å². The number of carbonyl (C=O) groups is 1. The van der Waals surface area contributed by atoms with E-state index in [2.05, 4.69) is 54.3 Å². The van der Waals surface area contributed by atoms with Crippen LogP contribution in [0.2, 0.25) is 25.7 Å². The number of nitrogens with zero attached hydrogens (tertiary/aromatic N) is 4. The molecule has 0 aliphatic carbocycles. The van der Waals surface area contributed by atoms with E-state index >= 15 is 0 Å². The van der Waals surface area contributed by atoms with Gasteiger partial charge in [0.25, 0.3) is 0 Å². The maximum Gasteiger partial charge on any atom is 0.410 e. The standard InChI is InChI=1S/C31H43N5O4Si/c1-31(2,3)40-30(37)35-13-11-25(12-14-35)33-28-10-9-27-26-8-7-22(17-23(26)20-39-29(27)34-28)24-18-32-36(19-24)21-38-15-16-41(4,5)6/h7-10,17-19,25H,11-16,20-21H2,1-6H3,(H,33,34). The topological polar surface area (TPSA) is 90.7 Å². The Hall–Kier alpha value is -3.37. The number of aromatic nitrogens is 3. The summed E-state index contributed by atoms with van der Waals surface area (Å²) in [6.07, 6.45) is 5.36. The fourth-order valence-corrected chi connectivity index (χ4v) is 5.76. The van der Waals surface area contributed by atoms with Crippen molar-refractivity contribution in [2.75, 3.05) is 25.0 Å². The first-order valence-electron chi connectivity index (χ1n) is 14.6. The van der Waals surface area contributed by atoms with Gasteiger partial charge in [-0.3, -0.25) is 0 Å². The number of piperidine rings is 1. The average Bonchev–Trinajstić information content (AvgIpc) is 3.38. The predicted octanol–water partition coefficient (Wildman–Crippen LogP) is 6.63. The number of likely N-dealkylation sites (tertiary alicyclic amines) is 1. The van der Waals surface area contributed by atoms with Gasteiger partial charge >= 0.3 is 6.09 Å². The number of hydrogen-bond acceptors (Lipinski definition) is 7. The highest BCUT2D eigenvalue weighted by Crippen LogP contribution is 2.39. The van der Waals surface area contributed by atoms with Crippen LogP contribution in [-0.4, -0.2) is 65.2 Å². The molecule has 0 spiro atoms. The van der Waals surface area contributed by atoms with Gasteiger partial charge in [0, 0.05) is 51.1 Å². The lowest BCUT2D eigenvalue weighted by Gasteiger charge is -2.34. The Kier molecular flexibility index (Phi) is 8.42. The van der Waals surface area contributed by atoms with E-state index in [0.717, 1.165) is 59.1 Å². The smallest absolute Gasteiger partial charge is 0.410 e. The quantitative estimate of drug-likeness (QED) is 0.237. The number of nitrogens with one attached hydrogen (secondary N) is 1. The van der Waals surface area contributed by atoms with Gasteiger partial charge in [0.2, 0.25) is 5.88 Å². The molecule has 0 bridgehead atoms. The van der Waals surface area contributed by atoms with Crippen molar-refractivity contribution in [3.8, 4) is 28.1 Å². The third kappa shape index (κ3) is 7.68. The Morgan fingerprint density at radius 3 is 2.59 bits per heavy atom. The molecule has 1 saturated heterocycles. The number of fused-ring (bicyclic) bond motifs is 3. The lowest BCUT2D eigenvalue weighted by molar-refractivity contribution is 0.0210. The Bertz CT molecular complexity index is 1370. The zero-order valence-electron chi connectivity index (χ0n) is 25.2. The van der Waals surface area contributed by atoms with Crippen LogP contribution in [0, 0.1) is 0 Å². The van der Waals surface area contributed by atoms with Gasteiger partial charge in [-0.25, -0.2) is 9.48 Å². The van der Waals surface area contributed by atoms with Crippen LogP contribution in [-0.2, 0) is 22.8 Å². The van der Waals surface area contributed by atoms with Gasteiger partial charge in [0.05, 0.1) is 6.20 Å². The first-order valence-corrected chi connectivity index (χ1v) is 18.3. The summed E-state index contributed by atoms with van der Waals surface area (Å²) in [6, 6.07) is 11.9. The van der Waals surface area contributed by atoms with E-state index in [4.69, 9.17) is 19.2 Å². The summed E-state index contributed by atoms with van der Waals surface area (Å²) in [5.41, 5.74) is 4.95. The molecule has 4 heterocycles. The van der Waals surface area contributed by atoms with Crippen LogP contribution < -0.4 is 10.1 Å². The minimum absolute atomic E-state index is 0.240. The molecule has 3 aromatic rings. The molecule has 220 valence electrons. The van der Waals surface area contributed by atoms with E-state index < -0.39 is 13.7 Å². The SMILES string of the molecule is CC(C)(C)OC(=O)N1CCC(Nc2ccc3c(n2)OCc2cc(-c4cnn(COCC[Si](C)(C)C)c4)ccc2-3)CC1. The van der Waals surface area contributed by atoms with Gasteiger partial charge in [-0.1, -0.05) is 31.8 Å². The average molecular weight is 578 g/mol. The van der Waals surface area contributed by atoms with Crippen molar-refractivity contribution in [1.29, 1.82) is 0 Å². The zero-order valence-corrected chi connectivity index (χ0v) is 26.2. The van der Waals surface area contributed by atoms with E-state index in [-0.39, 0.29) is 12.1 Å². The third-order valence-corrected chi connectivity index (χ3v) is 9.01. The Morgan fingerprint density at radius 2 is 1.85 bits per heavy atom. The Labute approximate surface area is 244 Å². The molecule has 0 unspecified atom stereocenters. The lowest BCUT2D eigenvalue weighted by atomic mass is 9.95. The molecule has 1 amide bonds.